The third-order valence-electron chi connectivity index (χ3n) is 2.68. The fraction of sp³-hybridized carbons (Fsp3) is 0.583. The fourth-order valence-corrected chi connectivity index (χ4v) is 1.81. The Morgan fingerprint density at radius 2 is 2.17 bits per heavy atom. The highest BCUT2D eigenvalue weighted by atomic mass is 16.5. The van der Waals surface area contributed by atoms with Crippen LogP contribution in [0.5, 0.6) is 0 Å². The van der Waals surface area contributed by atoms with Crippen molar-refractivity contribution in [1.82, 2.24) is 9.97 Å². The van der Waals surface area contributed by atoms with Crippen molar-refractivity contribution in [1.29, 1.82) is 0 Å². The third kappa shape index (κ3) is 3.40. The number of rotatable bonds is 4. The van der Waals surface area contributed by atoms with Gasteiger partial charge >= 0.3 is 0 Å². The molecule has 2 heterocycles. The van der Waals surface area contributed by atoms with Crippen LogP contribution in [0.25, 0.3) is 0 Å². The highest BCUT2D eigenvalue weighted by Crippen LogP contribution is 2.16. The number of nitrogens with zero attached hydrogens (tertiary/aromatic N) is 3. The largest absolute Gasteiger partial charge is 0.378 e. The summed E-state index contributed by atoms with van der Waals surface area (Å²) < 4.78 is 5.32. The molecular weight excluding hydrogens is 232 g/mol. The predicted molar refractivity (Wildman–Crippen MR) is 69.0 cm³/mol. The Kier molecular flexibility index (Phi) is 4.09. The van der Waals surface area contributed by atoms with E-state index in [1.54, 1.807) is 6.92 Å². The van der Waals surface area contributed by atoms with E-state index in [0.29, 0.717) is 18.2 Å². The summed E-state index contributed by atoms with van der Waals surface area (Å²) >= 11 is 0. The molecule has 6 nitrogen and oxygen atoms in total. The average Bonchev–Trinajstić information content (AvgIpc) is 2.37. The fourth-order valence-electron chi connectivity index (χ4n) is 1.81. The van der Waals surface area contributed by atoms with Gasteiger partial charge in [0.2, 0.25) is 0 Å². The molecule has 0 bridgehead atoms. The predicted octanol–water partition coefficient (Wildman–Crippen LogP) is 0.623. The number of aryl methyl sites for hydroxylation is 1. The van der Waals surface area contributed by atoms with Gasteiger partial charge in [0, 0.05) is 19.2 Å². The molecule has 1 aliphatic heterocycles. The van der Waals surface area contributed by atoms with Gasteiger partial charge < -0.3 is 15.0 Å². The zero-order valence-corrected chi connectivity index (χ0v) is 10.8. The first-order chi connectivity index (χ1) is 8.65. The number of nitrogens with one attached hydrogen (secondary N) is 1. The van der Waals surface area contributed by atoms with Gasteiger partial charge in [0.1, 0.15) is 23.2 Å². The number of aromatic nitrogens is 2. The van der Waals surface area contributed by atoms with Crippen LogP contribution in [0.1, 0.15) is 12.7 Å². The molecule has 0 aromatic carbocycles. The maximum atomic E-state index is 11.0. The van der Waals surface area contributed by atoms with Crippen LogP contribution in [-0.2, 0) is 9.53 Å². The number of carbonyl (C=O) groups is 1. The van der Waals surface area contributed by atoms with Gasteiger partial charge in [0.25, 0.3) is 0 Å². The lowest BCUT2D eigenvalue weighted by molar-refractivity contribution is -0.115. The molecule has 1 fully saturated rings. The van der Waals surface area contributed by atoms with Gasteiger partial charge in [0.15, 0.2) is 0 Å². The van der Waals surface area contributed by atoms with Crippen molar-refractivity contribution >= 4 is 17.4 Å². The maximum absolute atomic E-state index is 11.0. The van der Waals surface area contributed by atoms with Crippen LogP contribution in [-0.4, -0.2) is 48.6 Å². The first-order valence-electron chi connectivity index (χ1n) is 6.07. The molecule has 2 rings (SSSR count). The summed E-state index contributed by atoms with van der Waals surface area (Å²) in [6.45, 7) is 6.80. The zero-order chi connectivity index (χ0) is 13.0. The summed E-state index contributed by atoms with van der Waals surface area (Å²) in [6.07, 6.45) is 0. The molecule has 1 saturated heterocycles. The second-order valence-corrected chi connectivity index (χ2v) is 4.31. The number of Topliss-reactive ketones (excluding diaryl/α,β-unsaturated/α-hetero) is 1. The van der Waals surface area contributed by atoms with Crippen LogP contribution in [0, 0.1) is 6.92 Å². The third-order valence-corrected chi connectivity index (χ3v) is 2.68. The summed E-state index contributed by atoms with van der Waals surface area (Å²) in [6, 6.07) is 1.88. The van der Waals surface area contributed by atoms with E-state index in [-0.39, 0.29) is 5.78 Å². The van der Waals surface area contributed by atoms with Crippen molar-refractivity contribution in [3.05, 3.63) is 11.9 Å². The summed E-state index contributed by atoms with van der Waals surface area (Å²) in [5, 5.41) is 3.01. The van der Waals surface area contributed by atoms with Crippen molar-refractivity contribution < 1.29 is 9.53 Å². The van der Waals surface area contributed by atoms with Crippen LogP contribution in [0.2, 0.25) is 0 Å². The Hall–Kier alpha value is -1.69. The highest BCUT2D eigenvalue weighted by molar-refractivity contribution is 5.80. The molecule has 18 heavy (non-hydrogen) atoms. The number of morpholine rings is 1. The molecule has 1 aromatic rings. The summed E-state index contributed by atoms with van der Waals surface area (Å²) in [5.74, 6) is 2.36. The van der Waals surface area contributed by atoms with Crippen molar-refractivity contribution in [2.24, 2.45) is 0 Å². The monoisotopic (exact) mass is 250 g/mol. The minimum absolute atomic E-state index is 0.0826. The van der Waals surface area contributed by atoms with E-state index in [1.165, 1.54) is 0 Å². The van der Waals surface area contributed by atoms with Crippen LogP contribution in [0.15, 0.2) is 6.07 Å². The number of ether oxygens (including phenoxy) is 1. The molecule has 0 unspecified atom stereocenters. The maximum Gasteiger partial charge on any atom is 0.148 e. The SMILES string of the molecule is CC(=O)CNc1cc(N2CCOCC2)nc(C)n1. The van der Waals surface area contributed by atoms with Crippen molar-refractivity contribution in [2.75, 3.05) is 43.1 Å². The van der Waals surface area contributed by atoms with Gasteiger partial charge in [0.05, 0.1) is 19.8 Å². The number of carbonyl (C=O) groups excluding carboxylic acids is 1. The number of ketones is 1. The molecule has 0 radical (unpaired) electrons. The van der Waals surface area contributed by atoms with E-state index in [1.807, 2.05) is 13.0 Å². The normalized spacial score (nSPS) is 15.6. The van der Waals surface area contributed by atoms with E-state index in [0.717, 1.165) is 32.1 Å². The summed E-state index contributed by atoms with van der Waals surface area (Å²) in [7, 11) is 0. The lowest BCUT2D eigenvalue weighted by Crippen LogP contribution is -2.37. The topological polar surface area (TPSA) is 67.4 Å². The van der Waals surface area contributed by atoms with Crippen molar-refractivity contribution in [2.45, 2.75) is 13.8 Å². The van der Waals surface area contributed by atoms with Crippen LogP contribution < -0.4 is 10.2 Å². The number of hydrogen-bond donors (Lipinski definition) is 1. The molecule has 98 valence electrons. The molecule has 0 atom stereocenters. The molecule has 0 saturated carbocycles. The van der Waals surface area contributed by atoms with E-state index in [2.05, 4.69) is 20.2 Å². The van der Waals surface area contributed by atoms with Crippen molar-refractivity contribution in [3.8, 4) is 0 Å². The number of anilines is 2. The highest BCUT2D eigenvalue weighted by Gasteiger charge is 2.14. The Balaban J connectivity index is 2.12. The first-order valence-corrected chi connectivity index (χ1v) is 6.07. The van der Waals surface area contributed by atoms with Crippen LogP contribution in [0.4, 0.5) is 11.6 Å². The standard InChI is InChI=1S/C12H18N4O2/c1-9(17)8-13-11-7-12(15-10(2)14-11)16-3-5-18-6-4-16/h7H,3-6,8H2,1-2H3,(H,13,14,15). The first kappa shape index (κ1) is 12.8. The smallest absolute Gasteiger partial charge is 0.148 e. The average molecular weight is 250 g/mol. The minimum atomic E-state index is 0.0826. The molecule has 1 aliphatic rings. The molecule has 1 aromatic heterocycles. The van der Waals surface area contributed by atoms with Gasteiger partial charge in [-0.1, -0.05) is 0 Å². The minimum Gasteiger partial charge on any atom is -0.378 e. The van der Waals surface area contributed by atoms with Gasteiger partial charge in [-0.2, -0.15) is 0 Å². The van der Waals surface area contributed by atoms with Gasteiger partial charge in [-0.05, 0) is 13.8 Å². The second-order valence-electron chi connectivity index (χ2n) is 4.31. The Morgan fingerprint density at radius 3 is 2.83 bits per heavy atom. The van der Waals surface area contributed by atoms with Gasteiger partial charge in [-0.15, -0.1) is 0 Å². The quantitative estimate of drug-likeness (QED) is 0.845. The van der Waals surface area contributed by atoms with E-state index in [4.69, 9.17) is 4.74 Å². The lowest BCUT2D eigenvalue weighted by Gasteiger charge is -2.28. The molecule has 0 amide bonds. The molecule has 1 N–H and O–H groups in total. The Morgan fingerprint density at radius 1 is 1.44 bits per heavy atom. The van der Waals surface area contributed by atoms with Gasteiger partial charge in [-0.25, -0.2) is 9.97 Å². The van der Waals surface area contributed by atoms with Crippen LogP contribution in [0.3, 0.4) is 0 Å². The molecule has 0 spiro atoms. The van der Waals surface area contributed by atoms with Crippen molar-refractivity contribution in [3.63, 3.8) is 0 Å². The Labute approximate surface area is 106 Å². The Bertz CT molecular complexity index is 430. The van der Waals surface area contributed by atoms with E-state index in [9.17, 15) is 4.79 Å². The zero-order valence-electron chi connectivity index (χ0n) is 10.8. The van der Waals surface area contributed by atoms with E-state index >= 15 is 0 Å². The molecule has 0 aliphatic carbocycles. The molecular formula is C12H18N4O2. The second kappa shape index (κ2) is 5.77. The lowest BCUT2D eigenvalue weighted by atomic mass is 10.3. The van der Waals surface area contributed by atoms with E-state index < -0.39 is 0 Å². The van der Waals surface area contributed by atoms with Gasteiger partial charge in [-0.3, -0.25) is 4.79 Å². The van der Waals surface area contributed by atoms with Crippen LogP contribution >= 0.6 is 0 Å². The summed E-state index contributed by atoms with van der Waals surface area (Å²) in [4.78, 5) is 21.8. The summed E-state index contributed by atoms with van der Waals surface area (Å²) in [5.41, 5.74) is 0. The number of hydrogen-bond acceptors (Lipinski definition) is 6. The molecule has 6 heteroatoms.